The van der Waals surface area contributed by atoms with Gasteiger partial charge in [0, 0.05) is 69.2 Å². The largest absolute Gasteiger partial charge is 0.508 e. The van der Waals surface area contributed by atoms with Crippen LogP contribution in [0.25, 0.3) is 10.9 Å². The first-order valence-corrected chi connectivity index (χ1v) is 22.4. The minimum atomic E-state index is -4.01. The minimum absolute atomic E-state index is 0.0248. The highest BCUT2D eigenvalue weighted by Gasteiger charge is 2.34. The molecule has 0 spiro atoms. The lowest BCUT2D eigenvalue weighted by molar-refractivity contribution is 0.0495. The number of hydrogen-bond acceptors (Lipinski definition) is 10. The molecule has 1 aromatic heterocycles. The maximum absolute atomic E-state index is 13.9. The van der Waals surface area contributed by atoms with E-state index in [1.807, 2.05) is 0 Å². The van der Waals surface area contributed by atoms with Gasteiger partial charge in [-0.1, -0.05) is 41.0 Å². The molecule has 0 aliphatic carbocycles. The van der Waals surface area contributed by atoms with Crippen molar-refractivity contribution in [1.82, 2.24) is 19.7 Å². The summed E-state index contributed by atoms with van der Waals surface area (Å²) >= 11 is 0. The lowest BCUT2D eigenvalue weighted by Gasteiger charge is -2.46. The Kier molecular flexibility index (Phi) is 13.0. The zero-order chi connectivity index (χ0) is 37.8. The average Bonchev–Trinajstić information content (AvgIpc) is 3.11. The van der Waals surface area contributed by atoms with Gasteiger partial charge in [-0.25, -0.2) is 16.8 Å². The van der Waals surface area contributed by atoms with Crippen molar-refractivity contribution in [2.75, 3.05) is 70.6 Å². The normalized spacial score (nSPS) is 20.1. The van der Waals surface area contributed by atoms with Crippen LogP contribution in [0.15, 0.2) is 63.3 Å². The summed E-state index contributed by atoms with van der Waals surface area (Å²) in [4.78, 5) is 14.4. The highest BCUT2D eigenvalue weighted by Crippen LogP contribution is 2.39. The minimum Gasteiger partial charge on any atom is -0.508 e. The quantitative estimate of drug-likeness (QED) is 0.280. The Bertz CT molecular complexity index is 1850. The van der Waals surface area contributed by atoms with Crippen molar-refractivity contribution in [2.45, 2.75) is 99.9 Å². The molecular formula is C40H61N5O5S2. The zero-order valence-electron chi connectivity index (χ0n) is 32.4. The van der Waals surface area contributed by atoms with Gasteiger partial charge in [0.1, 0.15) is 10.6 Å². The van der Waals surface area contributed by atoms with Crippen LogP contribution in [0.1, 0.15) is 73.1 Å². The maximum atomic E-state index is 13.9. The monoisotopic (exact) mass is 755 g/mol. The van der Waals surface area contributed by atoms with Gasteiger partial charge in [0.2, 0.25) is 9.84 Å². The van der Waals surface area contributed by atoms with Crippen LogP contribution in [0, 0.1) is 11.3 Å². The van der Waals surface area contributed by atoms with E-state index >= 15 is 0 Å². The van der Waals surface area contributed by atoms with Crippen molar-refractivity contribution in [3.8, 4) is 5.75 Å². The first-order valence-electron chi connectivity index (χ1n) is 19.0. The van der Waals surface area contributed by atoms with Crippen LogP contribution in [0.3, 0.4) is 0 Å². The number of aromatic hydroxyl groups is 1. The number of hydrogen-bond donors (Lipinski definition) is 1. The van der Waals surface area contributed by atoms with Crippen molar-refractivity contribution in [3.63, 3.8) is 0 Å². The van der Waals surface area contributed by atoms with Gasteiger partial charge in [0.15, 0.2) is 9.84 Å². The number of rotatable bonds is 8. The molecular weight excluding hydrogens is 695 g/mol. The number of aromatic nitrogens is 1. The lowest BCUT2D eigenvalue weighted by atomic mass is 9.84. The zero-order valence-corrected chi connectivity index (χ0v) is 34.0. The number of benzene rings is 2. The summed E-state index contributed by atoms with van der Waals surface area (Å²) in [6.07, 6.45) is 9.36. The van der Waals surface area contributed by atoms with Crippen molar-refractivity contribution in [1.29, 1.82) is 0 Å². The molecule has 3 aromatic rings. The van der Waals surface area contributed by atoms with Crippen LogP contribution in [0.2, 0.25) is 0 Å². The summed E-state index contributed by atoms with van der Waals surface area (Å²) in [5.41, 5.74) is 1.56. The van der Waals surface area contributed by atoms with Gasteiger partial charge >= 0.3 is 0 Å². The highest BCUT2D eigenvalue weighted by atomic mass is 32.2. The molecule has 3 saturated heterocycles. The lowest BCUT2D eigenvalue weighted by Crippen LogP contribution is -2.54. The van der Waals surface area contributed by atoms with Crippen LogP contribution in [-0.4, -0.2) is 119 Å². The van der Waals surface area contributed by atoms with Crippen LogP contribution in [-0.2, 0) is 19.7 Å². The van der Waals surface area contributed by atoms with E-state index in [4.69, 9.17) is 0 Å². The maximum Gasteiger partial charge on any atom is 0.210 e. The number of pyridine rings is 1. The van der Waals surface area contributed by atoms with Crippen molar-refractivity contribution in [3.05, 3.63) is 48.7 Å². The fourth-order valence-electron chi connectivity index (χ4n) is 8.09. The second kappa shape index (κ2) is 16.7. The molecule has 1 atom stereocenters. The van der Waals surface area contributed by atoms with Gasteiger partial charge < -0.3 is 19.8 Å². The number of piperazine rings is 1. The molecule has 52 heavy (non-hydrogen) atoms. The summed E-state index contributed by atoms with van der Waals surface area (Å²) < 4.78 is 52.8. The highest BCUT2D eigenvalue weighted by molar-refractivity contribution is 7.91. The number of fused-ring (bicyclic) bond motifs is 1. The SMILES string of the molecule is CCC(C)CC(C)(C)C.CN1CCN(C2CCN(C3CCN(c4c(S(=O)(=O)c5ccc(O)cc5)cnc5ccc(S(C)(=O)=O)cc45)CC3)CC2)CC1. The second-order valence-electron chi connectivity index (χ2n) is 16.5. The molecule has 1 unspecified atom stereocenters. The first kappa shape index (κ1) is 40.4. The van der Waals surface area contributed by atoms with Crippen LogP contribution >= 0.6 is 0 Å². The third kappa shape index (κ3) is 10.0. The van der Waals surface area contributed by atoms with Gasteiger partial charge in [0.25, 0.3) is 0 Å². The molecule has 3 aliphatic rings. The van der Waals surface area contributed by atoms with E-state index in [1.54, 1.807) is 12.1 Å². The number of anilines is 1. The Morgan fingerprint density at radius 1 is 0.808 bits per heavy atom. The van der Waals surface area contributed by atoms with E-state index in [2.05, 4.69) is 66.2 Å². The summed E-state index contributed by atoms with van der Waals surface area (Å²) in [6, 6.07) is 11.3. The number of nitrogens with zero attached hydrogens (tertiary/aromatic N) is 5. The molecule has 0 saturated carbocycles. The van der Waals surface area contributed by atoms with E-state index in [9.17, 15) is 21.9 Å². The molecule has 6 rings (SSSR count). The van der Waals surface area contributed by atoms with Gasteiger partial charge in [-0.15, -0.1) is 0 Å². The molecule has 1 N–H and O–H groups in total. The van der Waals surface area contributed by atoms with Gasteiger partial charge in [-0.3, -0.25) is 9.88 Å². The molecule has 0 radical (unpaired) electrons. The Hall–Kier alpha value is -2.77. The molecule has 0 bridgehead atoms. The topological polar surface area (TPSA) is 114 Å². The third-order valence-electron chi connectivity index (χ3n) is 11.2. The Morgan fingerprint density at radius 3 is 1.87 bits per heavy atom. The van der Waals surface area contributed by atoms with Crippen molar-refractivity contribution < 1.29 is 21.9 Å². The summed E-state index contributed by atoms with van der Waals surface area (Å²) in [6.45, 7) is 19.5. The molecule has 2 aromatic carbocycles. The second-order valence-corrected chi connectivity index (χ2v) is 20.5. The summed E-state index contributed by atoms with van der Waals surface area (Å²) in [7, 11) is -5.34. The van der Waals surface area contributed by atoms with Gasteiger partial charge in [0.05, 0.1) is 21.0 Å². The Balaban J connectivity index is 0.000000515. The molecule has 10 nitrogen and oxygen atoms in total. The predicted octanol–water partition coefficient (Wildman–Crippen LogP) is 6.33. The molecule has 3 aliphatic heterocycles. The molecule has 3 fully saturated rings. The van der Waals surface area contributed by atoms with E-state index < -0.39 is 19.7 Å². The fraction of sp³-hybridized carbons (Fsp3) is 0.625. The molecule has 0 amide bonds. The Morgan fingerprint density at radius 2 is 1.35 bits per heavy atom. The molecule has 12 heteroatoms. The van der Waals surface area contributed by atoms with E-state index in [-0.39, 0.29) is 20.4 Å². The van der Waals surface area contributed by atoms with Crippen LogP contribution in [0.5, 0.6) is 5.75 Å². The van der Waals surface area contributed by atoms with Crippen molar-refractivity contribution >= 4 is 36.3 Å². The van der Waals surface area contributed by atoms with Crippen molar-refractivity contribution in [2.24, 2.45) is 11.3 Å². The van der Waals surface area contributed by atoms with Gasteiger partial charge in [-0.2, -0.15) is 0 Å². The number of likely N-dealkylation sites (N-methyl/N-ethyl adjacent to an activating group) is 1. The van der Waals surface area contributed by atoms with E-state index in [0.29, 0.717) is 47.2 Å². The number of phenolic OH excluding ortho intramolecular Hbond substituents is 1. The standard InChI is InChI=1S/C31H41N5O5S2.C9H20/c1-33-17-19-35(20-18-33)24-9-13-34(14-10-24)23-11-15-36(16-12-23)31-28-21-27(42(2,38)39)7-8-29(28)32-22-30(31)43(40,41)26-5-3-25(37)4-6-26;1-6-8(2)7-9(3,4)5/h3-8,21-24,37H,9-20H2,1-2H3;8H,6-7H2,1-5H3. The third-order valence-corrected chi connectivity index (χ3v) is 14.0. The number of likely N-dealkylation sites (tertiary alicyclic amines) is 1. The van der Waals surface area contributed by atoms with E-state index in [0.717, 1.165) is 64.3 Å². The van der Waals surface area contributed by atoms with E-state index in [1.165, 1.54) is 62.2 Å². The number of sulfone groups is 2. The van der Waals surface area contributed by atoms with Crippen LogP contribution in [0.4, 0.5) is 5.69 Å². The number of phenols is 1. The average molecular weight is 756 g/mol. The predicted molar refractivity (Wildman–Crippen MR) is 211 cm³/mol. The molecule has 288 valence electrons. The molecule has 4 heterocycles. The van der Waals surface area contributed by atoms with Gasteiger partial charge in [-0.05, 0) is 106 Å². The fourth-order valence-corrected chi connectivity index (χ4v) is 10.2. The smallest absolute Gasteiger partial charge is 0.210 e. The summed E-state index contributed by atoms with van der Waals surface area (Å²) in [5, 5.41) is 10.3. The summed E-state index contributed by atoms with van der Waals surface area (Å²) in [5.74, 6) is 0.869. The number of piperidine rings is 2. The Labute approximate surface area is 313 Å². The van der Waals surface area contributed by atoms with Crippen LogP contribution < -0.4 is 4.90 Å². The first-order chi connectivity index (χ1) is 24.5.